The molecule has 3 heterocycles. The monoisotopic (exact) mass is 472 g/mol. The van der Waals surface area contributed by atoms with Gasteiger partial charge in [-0.1, -0.05) is 41.9 Å². The third kappa shape index (κ3) is 4.83. The highest BCUT2D eigenvalue weighted by Crippen LogP contribution is 2.42. The highest BCUT2D eigenvalue weighted by atomic mass is 35.5. The van der Waals surface area contributed by atoms with Crippen molar-refractivity contribution in [2.75, 3.05) is 33.1 Å². The van der Waals surface area contributed by atoms with Crippen LogP contribution in [0.1, 0.15) is 22.3 Å². The summed E-state index contributed by atoms with van der Waals surface area (Å²) in [5.41, 5.74) is 0.653. The molecule has 0 unspecified atom stereocenters. The lowest BCUT2D eigenvalue weighted by Crippen LogP contribution is -2.53. The fraction of sp³-hybridized carbons (Fsp3) is 0.429. The minimum atomic E-state index is -4.74. The Hall–Kier alpha value is -2.40. The van der Waals surface area contributed by atoms with E-state index >= 15 is 0 Å². The SMILES string of the molecule is O=C(c1cnc(OCCOC(F)(F)F)c(Cl)c1)N1CC[C@]2(c3ccccc3)OCO[C@@H]2C1. The molecule has 0 spiro atoms. The van der Waals surface area contributed by atoms with Crippen LogP contribution in [-0.4, -0.2) is 61.4 Å². The number of halogens is 4. The molecule has 2 fully saturated rings. The summed E-state index contributed by atoms with van der Waals surface area (Å²) < 4.78 is 56.5. The predicted octanol–water partition coefficient (Wildman–Crippen LogP) is 3.76. The standard InChI is InChI=1S/C21H20ClF3N2O5/c22-16-10-14(11-26-18(16)29-8-9-31-21(23,24)25)19(28)27-7-6-20(15-4-2-1-3-5-15)17(12-27)30-13-32-20/h1-5,10-11,17H,6-9,12-13H2/t17-,20-/m1/s1. The van der Waals surface area contributed by atoms with E-state index in [1.807, 2.05) is 30.3 Å². The lowest BCUT2D eigenvalue weighted by atomic mass is 9.82. The molecular weight excluding hydrogens is 453 g/mol. The zero-order valence-electron chi connectivity index (χ0n) is 16.8. The zero-order valence-corrected chi connectivity index (χ0v) is 17.6. The molecule has 1 aromatic carbocycles. The van der Waals surface area contributed by atoms with Crippen molar-refractivity contribution in [3.63, 3.8) is 0 Å². The van der Waals surface area contributed by atoms with E-state index in [-0.39, 0.29) is 35.3 Å². The molecular formula is C21H20ClF3N2O5. The minimum absolute atomic E-state index is 0.0129. The van der Waals surface area contributed by atoms with Gasteiger partial charge in [0.25, 0.3) is 5.91 Å². The van der Waals surface area contributed by atoms with Gasteiger partial charge in [0.05, 0.1) is 18.7 Å². The second-order valence-corrected chi connectivity index (χ2v) is 7.74. The van der Waals surface area contributed by atoms with Gasteiger partial charge in [-0.15, -0.1) is 13.2 Å². The maximum Gasteiger partial charge on any atom is 0.522 e. The lowest BCUT2D eigenvalue weighted by Gasteiger charge is -2.42. The van der Waals surface area contributed by atoms with Gasteiger partial charge < -0.3 is 19.1 Å². The van der Waals surface area contributed by atoms with Gasteiger partial charge in [0.15, 0.2) is 0 Å². The van der Waals surface area contributed by atoms with Gasteiger partial charge in [-0.25, -0.2) is 4.98 Å². The number of hydrogen-bond acceptors (Lipinski definition) is 6. The van der Waals surface area contributed by atoms with Gasteiger partial charge in [-0.05, 0) is 11.6 Å². The number of nitrogens with zero attached hydrogens (tertiary/aromatic N) is 2. The molecule has 0 N–H and O–H groups in total. The highest BCUT2D eigenvalue weighted by molar-refractivity contribution is 6.32. The molecule has 2 atom stereocenters. The second-order valence-electron chi connectivity index (χ2n) is 7.33. The Labute approximate surface area is 187 Å². The second kappa shape index (κ2) is 9.22. The van der Waals surface area contributed by atoms with Gasteiger partial charge in [0.1, 0.15) is 30.1 Å². The molecule has 4 rings (SSSR count). The number of pyridine rings is 1. The van der Waals surface area contributed by atoms with Crippen LogP contribution < -0.4 is 4.74 Å². The van der Waals surface area contributed by atoms with E-state index < -0.39 is 25.2 Å². The molecule has 1 amide bonds. The lowest BCUT2D eigenvalue weighted by molar-refractivity contribution is -0.325. The number of benzene rings is 1. The average Bonchev–Trinajstić information content (AvgIpc) is 3.21. The molecule has 11 heteroatoms. The molecule has 1 aromatic heterocycles. The number of amides is 1. The number of carbonyl (C=O) groups is 1. The third-order valence-electron chi connectivity index (χ3n) is 5.44. The summed E-state index contributed by atoms with van der Waals surface area (Å²) in [6.45, 7) is -0.176. The molecule has 2 aliphatic rings. The molecule has 2 saturated heterocycles. The molecule has 0 saturated carbocycles. The van der Waals surface area contributed by atoms with Crippen LogP contribution in [0.25, 0.3) is 0 Å². The smallest absolute Gasteiger partial charge is 0.474 e. The van der Waals surface area contributed by atoms with Crippen LogP contribution in [-0.2, 0) is 19.8 Å². The Bertz CT molecular complexity index is 962. The van der Waals surface area contributed by atoms with Gasteiger partial charge >= 0.3 is 6.36 Å². The van der Waals surface area contributed by atoms with E-state index in [9.17, 15) is 18.0 Å². The molecule has 2 aliphatic heterocycles. The Morgan fingerprint density at radius 2 is 2.06 bits per heavy atom. The fourth-order valence-electron chi connectivity index (χ4n) is 3.92. The average molecular weight is 473 g/mol. The van der Waals surface area contributed by atoms with E-state index in [0.717, 1.165) is 5.56 Å². The normalized spacial score (nSPS) is 23.1. The molecule has 7 nitrogen and oxygen atoms in total. The topological polar surface area (TPSA) is 70.1 Å². The van der Waals surface area contributed by atoms with Crippen molar-refractivity contribution in [1.82, 2.24) is 9.88 Å². The number of fused-ring (bicyclic) bond motifs is 1. The summed E-state index contributed by atoms with van der Waals surface area (Å²) in [7, 11) is 0. The quantitative estimate of drug-likeness (QED) is 0.596. The van der Waals surface area contributed by atoms with Gasteiger partial charge in [-0.3, -0.25) is 9.53 Å². The number of alkyl halides is 3. The first-order chi connectivity index (χ1) is 15.3. The van der Waals surface area contributed by atoms with Crippen LogP contribution in [0.4, 0.5) is 13.2 Å². The van der Waals surface area contributed by atoms with Crippen molar-refractivity contribution in [2.45, 2.75) is 24.5 Å². The van der Waals surface area contributed by atoms with Crippen molar-refractivity contribution in [3.8, 4) is 5.88 Å². The summed E-state index contributed by atoms with van der Waals surface area (Å²) in [6, 6.07) is 11.2. The van der Waals surface area contributed by atoms with E-state index in [4.69, 9.17) is 25.8 Å². The summed E-state index contributed by atoms with van der Waals surface area (Å²) in [5, 5.41) is 0.0129. The van der Waals surface area contributed by atoms with Crippen molar-refractivity contribution in [2.24, 2.45) is 0 Å². The Kier molecular flexibility index (Phi) is 6.57. The van der Waals surface area contributed by atoms with Crippen molar-refractivity contribution in [1.29, 1.82) is 0 Å². The summed E-state index contributed by atoms with van der Waals surface area (Å²) in [6.07, 6.45) is -3.21. The van der Waals surface area contributed by atoms with Crippen molar-refractivity contribution in [3.05, 3.63) is 58.7 Å². The Balaban J connectivity index is 1.39. The number of carbonyl (C=O) groups excluding carboxylic acids is 1. The van der Waals surface area contributed by atoms with E-state index in [1.54, 1.807) is 4.90 Å². The largest absolute Gasteiger partial charge is 0.522 e. The van der Waals surface area contributed by atoms with Gasteiger partial charge in [-0.2, -0.15) is 0 Å². The van der Waals surface area contributed by atoms with Crippen molar-refractivity contribution >= 4 is 17.5 Å². The first-order valence-corrected chi connectivity index (χ1v) is 10.3. The van der Waals surface area contributed by atoms with Crippen LogP contribution >= 0.6 is 11.6 Å². The molecule has 2 aromatic rings. The molecule has 172 valence electrons. The molecule has 0 bridgehead atoms. The first kappa shape index (κ1) is 22.8. The maximum atomic E-state index is 13.0. The summed E-state index contributed by atoms with van der Waals surface area (Å²) in [4.78, 5) is 18.6. The Morgan fingerprint density at radius 3 is 2.78 bits per heavy atom. The maximum absolute atomic E-state index is 13.0. The van der Waals surface area contributed by atoms with Crippen LogP contribution in [0.5, 0.6) is 5.88 Å². The molecule has 0 aliphatic carbocycles. The fourth-order valence-corrected chi connectivity index (χ4v) is 4.14. The third-order valence-corrected chi connectivity index (χ3v) is 5.71. The number of hydrogen-bond donors (Lipinski definition) is 0. The predicted molar refractivity (Wildman–Crippen MR) is 106 cm³/mol. The summed E-state index contributed by atoms with van der Waals surface area (Å²) >= 11 is 6.11. The van der Waals surface area contributed by atoms with Crippen LogP contribution in [0, 0.1) is 0 Å². The van der Waals surface area contributed by atoms with Crippen molar-refractivity contribution < 1.29 is 36.9 Å². The van der Waals surface area contributed by atoms with Crippen LogP contribution in [0.2, 0.25) is 5.02 Å². The Morgan fingerprint density at radius 1 is 1.28 bits per heavy atom. The number of rotatable bonds is 6. The zero-order chi connectivity index (χ0) is 22.8. The van der Waals surface area contributed by atoms with E-state index in [1.165, 1.54) is 12.3 Å². The van der Waals surface area contributed by atoms with Gasteiger partial charge in [0, 0.05) is 19.2 Å². The number of likely N-dealkylation sites (tertiary alicyclic amines) is 1. The summed E-state index contributed by atoms with van der Waals surface area (Å²) in [5.74, 6) is -0.369. The molecule has 32 heavy (non-hydrogen) atoms. The highest BCUT2D eigenvalue weighted by Gasteiger charge is 2.51. The van der Waals surface area contributed by atoms with E-state index in [2.05, 4.69) is 9.72 Å². The van der Waals surface area contributed by atoms with Crippen LogP contribution in [0.3, 0.4) is 0 Å². The molecule has 0 radical (unpaired) electrons. The minimum Gasteiger partial charge on any atom is -0.474 e. The van der Waals surface area contributed by atoms with Gasteiger partial charge in [0.2, 0.25) is 5.88 Å². The number of piperidine rings is 1. The van der Waals surface area contributed by atoms with E-state index in [0.29, 0.717) is 19.5 Å². The first-order valence-electron chi connectivity index (χ1n) is 9.88. The van der Waals surface area contributed by atoms with Crippen LogP contribution in [0.15, 0.2) is 42.6 Å². The number of ether oxygens (including phenoxy) is 4. The number of aromatic nitrogens is 1.